The molecule has 0 aliphatic carbocycles. The Balaban J connectivity index is 1.78. The zero-order valence-electron chi connectivity index (χ0n) is 13.8. The van der Waals surface area contributed by atoms with Crippen molar-refractivity contribution in [3.05, 3.63) is 45.7 Å². The van der Waals surface area contributed by atoms with Crippen molar-refractivity contribution in [3.63, 3.8) is 0 Å². The van der Waals surface area contributed by atoms with E-state index in [2.05, 4.69) is 32.5 Å². The average molecular weight is 439 g/mol. The smallest absolute Gasteiger partial charge is 0.329 e. The van der Waals surface area contributed by atoms with Crippen molar-refractivity contribution in [1.82, 2.24) is 14.8 Å². The molecule has 0 spiro atoms. The molecule has 6 nitrogen and oxygen atoms in total. The topological polar surface area (TPSA) is 65.7 Å². The highest BCUT2D eigenvalue weighted by atomic mass is 127. The second kappa shape index (κ2) is 7.42. The highest BCUT2D eigenvalue weighted by Crippen LogP contribution is 2.26. The number of anilines is 1. The molecular weight excluding hydrogens is 417 g/mol. The van der Waals surface area contributed by atoms with E-state index in [1.165, 1.54) is 12.8 Å². The van der Waals surface area contributed by atoms with Crippen LogP contribution in [0.15, 0.2) is 40.1 Å². The maximum absolute atomic E-state index is 12.9. The van der Waals surface area contributed by atoms with E-state index in [0.29, 0.717) is 13.1 Å². The minimum atomic E-state index is -0.0283. The van der Waals surface area contributed by atoms with Crippen LogP contribution in [0.2, 0.25) is 0 Å². The Hall–Kier alpha value is -1.77. The van der Waals surface area contributed by atoms with Crippen molar-refractivity contribution in [2.24, 2.45) is 5.73 Å². The fourth-order valence-electron chi connectivity index (χ4n) is 3.12. The lowest BCUT2D eigenvalue weighted by Crippen LogP contribution is -2.32. The first kappa shape index (κ1) is 17.1. The van der Waals surface area contributed by atoms with Gasteiger partial charge in [0.2, 0.25) is 0 Å². The maximum Gasteiger partial charge on any atom is 0.329 e. The van der Waals surface area contributed by atoms with Crippen molar-refractivity contribution in [3.8, 4) is 0 Å². The fraction of sp³-hybridized carbons (Fsp3) is 0.412. The molecule has 0 aromatic carbocycles. The number of carbonyl (C=O) groups excluding carboxylic acids is 1. The van der Waals surface area contributed by atoms with E-state index in [1.807, 2.05) is 23.1 Å². The standard InChI is InChI=1S/C17H22IN5O/c1-13-4-5-20-12-15(13)23-9-8-22(17(23)24)14(11-18)10-16(19)21-6-2-3-7-21/h4-5,10-12H,2-3,6-9,19H2,1H3/b14-11+,16-10+. The van der Waals surface area contributed by atoms with E-state index in [4.69, 9.17) is 5.73 Å². The molecule has 2 saturated heterocycles. The molecule has 24 heavy (non-hydrogen) atoms. The van der Waals surface area contributed by atoms with Crippen molar-refractivity contribution >= 4 is 34.3 Å². The van der Waals surface area contributed by atoms with E-state index >= 15 is 0 Å². The van der Waals surface area contributed by atoms with Gasteiger partial charge in [0.15, 0.2) is 0 Å². The average Bonchev–Trinajstić information content (AvgIpc) is 3.23. The van der Waals surface area contributed by atoms with E-state index in [1.54, 1.807) is 22.2 Å². The van der Waals surface area contributed by atoms with Gasteiger partial charge in [-0.25, -0.2) is 4.79 Å². The minimum Gasteiger partial charge on any atom is -0.385 e. The molecule has 2 aliphatic rings. The maximum atomic E-state index is 12.9. The molecule has 0 radical (unpaired) electrons. The summed E-state index contributed by atoms with van der Waals surface area (Å²) in [7, 11) is 0. The third-order valence-electron chi connectivity index (χ3n) is 4.50. The molecule has 2 aliphatic heterocycles. The number of amides is 2. The summed E-state index contributed by atoms with van der Waals surface area (Å²) in [6.45, 7) is 5.27. The van der Waals surface area contributed by atoms with Crippen LogP contribution in [-0.2, 0) is 0 Å². The lowest BCUT2D eigenvalue weighted by atomic mass is 10.2. The third kappa shape index (κ3) is 3.35. The van der Waals surface area contributed by atoms with Gasteiger partial charge in [-0.3, -0.25) is 14.8 Å². The van der Waals surface area contributed by atoms with Crippen LogP contribution in [0, 0.1) is 6.92 Å². The zero-order valence-corrected chi connectivity index (χ0v) is 15.9. The summed E-state index contributed by atoms with van der Waals surface area (Å²) in [6, 6.07) is 1.89. The second-order valence-electron chi connectivity index (χ2n) is 6.05. The normalized spacial score (nSPS) is 19.6. The zero-order chi connectivity index (χ0) is 17.1. The quantitative estimate of drug-likeness (QED) is 0.579. The van der Waals surface area contributed by atoms with Crippen LogP contribution in [0.4, 0.5) is 10.5 Å². The SMILES string of the molecule is Cc1ccncc1N1CCN(C(/C=C(\N)N2CCCC2)=C/I)C1=O. The van der Waals surface area contributed by atoms with Gasteiger partial charge in [0, 0.05) is 42.5 Å². The number of nitrogens with zero attached hydrogens (tertiary/aromatic N) is 4. The van der Waals surface area contributed by atoms with Gasteiger partial charge in [0.25, 0.3) is 0 Å². The molecule has 3 rings (SSSR count). The summed E-state index contributed by atoms with van der Waals surface area (Å²) in [5.41, 5.74) is 8.98. The first-order valence-corrected chi connectivity index (χ1v) is 9.38. The molecular formula is C17H22IN5O. The highest BCUT2D eigenvalue weighted by molar-refractivity contribution is 14.1. The van der Waals surface area contributed by atoms with E-state index in [9.17, 15) is 4.79 Å². The Morgan fingerprint density at radius 2 is 2.04 bits per heavy atom. The molecule has 0 atom stereocenters. The molecule has 0 saturated carbocycles. The monoisotopic (exact) mass is 439 g/mol. The highest BCUT2D eigenvalue weighted by Gasteiger charge is 2.32. The predicted octanol–water partition coefficient (Wildman–Crippen LogP) is 2.80. The van der Waals surface area contributed by atoms with E-state index < -0.39 is 0 Å². The number of urea groups is 1. The second-order valence-corrected chi connectivity index (χ2v) is 6.67. The van der Waals surface area contributed by atoms with Crippen molar-refractivity contribution < 1.29 is 4.79 Å². The van der Waals surface area contributed by atoms with Crippen LogP contribution in [0.25, 0.3) is 0 Å². The number of pyridine rings is 1. The Labute approximate surface area is 156 Å². The van der Waals surface area contributed by atoms with Crippen LogP contribution >= 0.6 is 22.6 Å². The van der Waals surface area contributed by atoms with Gasteiger partial charge in [0.1, 0.15) is 5.82 Å². The summed E-state index contributed by atoms with van der Waals surface area (Å²) >= 11 is 2.17. The molecule has 0 unspecified atom stereocenters. The summed E-state index contributed by atoms with van der Waals surface area (Å²) in [5.74, 6) is 0.735. The Bertz CT molecular complexity index is 681. The van der Waals surface area contributed by atoms with Crippen LogP contribution in [0.3, 0.4) is 0 Å². The number of carbonyl (C=O) groups is 1. The van der Waals surface area contributed by atoms with Gasteiger partial charge in [-0.2, -0.15) is 0 Å². The number of rotatable bonds is 4. The fourth-order valence-corrected chi connectivity index (χ4v) is 3.64. The van der Waals surface area contributed by atoms with Crippen LogP contribution < -0.4 is 10.6 Å². The predicted molar refractivity (Wildman–Crippen MR) is 104 cm³/mol. The summed E-state index contributed by atoms with van der Waals surface area (Å²) in [4.78, 5) is 22.7. The first-order chi connectivity index (χ1) is 11.6. The minimum absolute atomic E-state index is 0.0283. The number of likely N-dealkylation sites (tertiary alicyclic amines) is 1. The van der Waals surface area contributed by atoms with E-state index in [0.717, 1.165) is 35.9 Å². The Morgan fingerprint density at radius 3 is 2.71 bits per heavy atom. The number of hydrogen-bond donors (Lipinski definition) is 1. The summed E-state index contributed by atoms with van der Waals surface area (Å²) in [6.07, 6.45) is 7.75. The molecule has 1 aromatic rings. The lowest BCUT2D eigenvalue weighted by Gasteiger charge is -2.22. The van der Waals surface area contributed by atoms with Crippen LogP contribution in [-0.4, -0.2) is 47.0 Å². The Kier molecular flexibility index (Phi) is 5.27. The van der Waals surface area contributed by atoms with Gasteiger partial charge < -0.3 is 10.6 Å². The van der Waals surface area contributed by atoms with Crippen LogP contribution in [0.5, 0.6) is 0 Å². The van der Waals surface area contributed by atoms with Gasteiger partial charge in [0.05, 0.1) is 17.6 Å². The summed E-state index contributed by atoms with van der Waals surface area (Å²) < 4.78 is 1.91. The first-order valence-electron chi connectivity index (χ1n) is 8.14. The van der Waals surface area contributed by atoms with Crippen molar-refractivity contribution in [2.75, 3.05) is 31.1 Å². The third-order valence-corrected chi connectivity index (χ3v) is 5.14. The molecule has 2 amide bonds. The van der Waals surface area contributed by atoms with Crippen LogP contribution in [0.1, 0.15) is 18.4 Å². The van der Waals surface area contributed by atoms with Crippen molar-refractivity contribution in [1.29, 1.82) is 0 Å². The number of hydrogen-bond acceptors (Lipinski definition) is 4. The number of halogens is 1. The molecule has 1 aromatic heterocycles. The number of aromatic nitrogens is 1. The van der Waals surface area contributed by atoms with Gasteiger partial charge >= 0.3 is 6.03 Å². The van der Waals surface area contributed by atoms with Crippen molar-refractivity contribution in [2.45, 2.75) is 19.8 Å². The number of nitrogens with two attached hydrogens (primary N) is 1. The molecule has 2 N–H and O–H groups in total. The number of allylic oxidation sites excluding steroid dienone is 1. The summed E-state index contributed by atoms with van der Waals surface area (Å²) in [5, 5.41) is 0. The van der Waals surface area contributed by atoms with Gasteiger partial charge in [-0.05, 0) is 31.4 Å². The molecule has 3 heterocycles. The van der Waals surface area contributed by atoms with E-state index in [-0.39, 0.29) is 6.03 Å². The molecule has 7 heteroatoms. The largest absolute Gasteiger partial charge is 0.385 e. The lowest BCUT2D eigenvalue weighted by molar-refractivity contribution is 0.231. The van der Waals surface area contributed by atoms with Gasteiger partial charge in [-0.1, -0.05) is 22.6 Å². The van der Waals surface area contributed by atoms with Gasteiger partial charge in [-0.15, -0.1) is 0 Å². The molecule has 0 bridgehead atoms. The molecule has 128 valence electrons. The number of aryl methyl sites for hydroxylation is 1. The Morgan fingerprint density at radius 1 is 1.29 bits per heavy atom. The molecule has 2 fully saturated rings.